The highest BCUT2D eigenvalue weighted by molar-refractivity contribution is 7.92. The number of hydrogen-bond donors (Lipinski definition) is 1. The van der Waals surface area contributed by atoms with Crippen LogP contribution in [0.4, 0.5) is 11.4 Å². The van der Waals surface area contributed by atoms with Crippen LogP contribution in [0, 0.1) is 0 Å². The van der Waals surface area contributed by atoms with Crippen LogP contribution >= 0.6 is 0 Å². The second kappa shape index (κ2) is 8.90. The summed E-state index contributed by atoms with van der Waals surface area (Å²) in [6, 6.07) is 18.3. The van der Waals surface area contributed by atoms with E-state index in [4.69, 9.17) is 0 Å². The minimum absolute atomic E-state index is 0.164. The molecule has 0 radical (unpaired) electrons. The normalized spacial score (nSPS) is 11.5. The quantitative estimate of drug-likeness (QED) is 0.708. The van der Waals surface area contributed by atoms with Gasteiger partial charge in [0.1, 0.15) is 0 Å². The first-order chi connectivity index (χ1) is 11.9. The van der Waals surface area contributed by atoms with Gasteiger partial charge in [-0.15, -0.1) is 0 Å². The molecule has 0 heterocycles. The molecule has 0 aliphatic carbocycles. The molecule has 0 fully saturated rings. The maximum absolute atomic E-state index is 12.0. The first kappa shape index (κ1) is 19.3. The van der Waals surface area contributed by atoms with Crippen LogP contribution in [0.5, 0.6) is 0 Å². The second-order valence-corrected chi connectivity index (χ2v) is 8.37. The van der Waals surface area contributed by atoms with Gasteiger partial charge in [-0.25, -0.2) is 8.42 Å². The third-order valence-corrected chi connectivity index (χ3v) is 5.43. The number of anilines is 2. The molecule has 0 aliphatic heterocycles. The number of nitrogens with zero attached hydrogens (tertiary/aromatic N) is 1. The van der Waals surface area contributed by atoms with E-state index in [9.17, 15) is 8.42 Å². The van der Waals surface area contributed by atoms with Crippen molar-refractivity contribution in [3.05, 3.63) is 60.2 Å². The van der Waals surface area contributed by atoms with Gasteiger partial charge in [0.15, 0.2) is 0 Å². The maximum Gasteiger partial charge on any atom is 0.232 e. The van der Waals surface area contributed by atoms with E-state index >= 15 is 0 Å². The number of nitrogens with one attached hydrogen (secondary N) is 1. The molecular weight excluding hydrogens is 332 g/mol. The Morgan fingerprint density at radius 1 is 1.00 bits per heavy atom. The van der Waals surface area contributed by atoms with E-state index in [1.165, 1.54) is 5.56 Å². The first-order valence-electron chi connectivity index (χ1n) is 8.82. The minimum Gasteiger partial charge on any atom is -0.365 e. The van der Waals surface area contributed by atoms with E-state index in [0.717, 1.165) is 18.7 Å². The zero-order valence-electron chi connectivity index (χ0n) is 15.3. The molecule has 0 saturated heterocycles. The molecule has 0 bridgehead atoms. The number of rotatable bonds is 9. The molecule has 4 nitrogen and oxygen atoms in total. The highest BCUT2D eigenvalue weighted by Crippen LogP contribution is 2.23. The van der Waals surface area contributed by atoms with E-state index < -0.39 is 10.0 Å². The largest absolute Gasteiger partial charge is 0.365 e. The molecule has 0 aliphatic rings. The van der Waals surface area contributed by atoms with Gasteiger partial charge in [-0.2, -0.15) is 0 Å². The Morgan fingerprint density at radius 2 is 1.64 bits per heavy atom. The molecule has 0 aromatic heterocycles. The fraction of sp³-hybridized carbons (Fsp3) is 0.400. The van der Waals surface area contributed by atoms with Crippen molar-refractivity contribution in [1.29, 1.82) is 0 Å². The van der Waals surface area contributed by atoms with Crippen LogP contribution in [0.1, 0.15) is 39.2 Å². The van der Waals surface area contributed by atoms with Crippen molar-refractivity contribution in [1.82, 2.24) is 0 Å². The Balaban J connectivity index is 2.10. The predicted molar refractivity (Wildman–Crippen MR) is 107 cm³/mol. The zero-order valence-corrected chi connectivity index (χ0v) is 16.1. The van der Waals surface area contributed by atoms with E-state index in [1.54, 1.807) is 0 Å². The van der Waals surface area contributed by atoms with Gasteiger partial charge in [0.05, 0.1) is 5.75 Å². The third-order valence-electron chi connectivity index (χ3n) is 4.06. The molecular formula is C20H28N2O2S. The summed E-state index contributed by atoms with van der Waals surface area (Å²) >= 11 is 0. The molecule has 2 aromatic carbocycles. The standard InChI is InChI=1S/C20H28N2O2S/c1-4-5-15-25(23,24)21-19-11-13-20(14-12-19)22(17(2)3)16-18-9-7-6-8-10-18/h6-14,17,21H,4-5,15-16H2,1-3H3. The summed E-state index contributed by atoms with van der Waals surface area (Å²) in [5.41, 5.74) is 2.94. The number of unbranched alkanes of at least 4 members (excludes halogenated alkanes) is 1. The summed E-state index contributed by atoms with van der Waals surface area (Å²) in [4.78, 5) is 2.30. The number of sulfonamides is 1. The van der Waals surface area contributed by atoms with Gasteiger partial charge in [-0.05, 0) is 50.1 Å². The molecule has 0 unspecified atom stereocenters. The lowest BCUT2D eigenvalue weighted by molar-refractivity contribution is 0.598. The Morgan fingerprint density at radius 3 is 2.20 bits per heavy atom. The molecule has 2 rings (SSSR count). The van der Waals surface area contributed by atoms with Crippen molar-refractivity contribution in [2.24, 2.45) is 0 Å². The molecule has 136 valence electrons. The van der Waals surface area contributed by atoms with Gasteiger partial charge in [0, 0.05) is 24.0 Å². The monoisotopic (exact) mass is 360 g/mol. The Labute approximate surface area is 151 Å². The molecule has 5 heteroatoms. The average molecular weight is 361 g/mol. The van der Waals surface area contributed by atoms with Gasteiger partial charge < -0.3 is 4.90 Å². The van der Waals surface area contributed by atoms with Gasteiger partial charge in [0.25, 0.3) is 0 Å². The van der Waals surface area contributed by atoms with Gasteiger partial charge >= 0.3 is 0 Å². The molecule has 25 heavy (non-hydrogen) atoms. The molecule has 0 atom stereocenters. The summed E-state index contributed by atoms with van der Waals surface area (Å²) in [5.74, 6) is 0.164. The van der Waals surface area contributed by atoms with Crippen LogP contribution in [-0.4, -0.2) is 20.2 Å². The van der Waals surface area contributed by atoms with Crippen molar-refractivity contribution < 1.29 is 8.42 Å². The summed E-state index contributed by atoms with van der Waals surface area (Å²) in [6.07, 6.45) is 1.54. The minimum atomic E-state index is -3.26. The fourth-order valence-corrected chi connectivity index (χ4v) is 3.90. The first-order valence-corrected chi connectivity index (χ1v) is 10.5. The maximum atomic E-state index is 12.0. The molecule has 1 N–H and O–H groups in total. The molecule has 0 spiro atoms. The van der Waals surface area contributed by atoms with Crippen LogP contribution in [0.3, 0.4) is 0 Å². The SMILES string of the molecule is CCCCS(=O)(=O)Nc1ccc(N(Cc2ccccc2)C(C)C)cc1. The lowest BCUT2D eigenvalue weighted by Gasteiger charge is -2.29. The van der Waals surface area contributed by atoms with E-state index in [2.05, 4.69) is 35.6 Å². The Kier molecular flexibility index (Phi) is 6.88. The van der Waals surface area contributed by atoms with Gasteiger partial charge in [-0.3, -0.25) is 4.72 Å². The highest BCUT2D eigenvalue weighted by Gasteiger charge is 2.13. The summed E-state index contributed by atoms with van der Waals surface area (Å²) in [5, 5.41) is 0. The van der Waals surface area contributed by atoms with E-state index in [-0.39, 0.29) is 5.75 Å². The van der Waals surface area contributed by atoms with Crippen LogP contribution in [0.15, 0.2) is 54.6 Å². The van der Waals surface area contributed by atoms with Gasteiger partial charge in [-0.1, -0.05) is 43.7 Å². The van der Waals surface area contributed by atoms with Crippen molar-refractivity contribution in [3.63, 3.8) is 0 Å². The number of hydrogen-bond acceptors (Lipinski definition) is 3. The summed E-state index contributed by atoms with van der Waals surface area (Å²) in [7, 11) is -3.26. The molecule has 0 saturated carbocycles. The average Bonchev–Trinajstić information content (AvgIpc) is 2.59. The molecule has 2 aromatic rings. The third kappa shape index (κ3) is 6.09. The van der Waals surface area contributed by atoms with Crippen LogP contribution in [-0.2, 0) is 16.6 Å². The van der Waals surface area contributed by atoms with Crippen molar-refractivity contribution in [2.45, 2.75) is 46.2 Å². The topological polar surface area (TPSA) is 49.4 Å². The fourth-order valence-electron chi connectivity index (χ4n) is 2.64. The lowest BCUT2D eigenvalue weighted by Crippen LogP contribution is -2.30. The smallest absolute Gasteiger partial charge is 0.232 e. The van der Waals surface area contributed by atoms with E-state index in [1.807, 2.05) is 49.4 Å². The van der Waals surface area contributed by atoms with Gasteiger partial charge in [0.2, 0.25) is 10.0 Å². The zero-order chi connectivity index (χ0) is 18.3. The highest BCUT2D eigenvalue weighted by atomic mass is 32.2. The Hall–Kier alpha value is -2.01. The van der Waals surface area contributed by atoms with E-state index in [0.29, 0.717) is 18.2 Å². The van der Waals surface area contributed by atoms with Crippen LogP contribution in [0.2, 0.25) is 0 Å². The molecule has 0 amide bonds. The van der Waals surface area contributed by atoms with Crippen molar-refractivity contribution in [2.75, 3.05) is 15.4 Å². The predicted octanol–water partition coefficient (Wildman–Crippen LogP) is 4.64. The Bertz CT molecular complexity index is 741. The summed E-state index contributed by atoms with van der Waals surface area (Å²) < 4.78 is 26.7. The van der Waals surface area contributed by atoms with Crippen molar-refractivity contribution in [3.8, 4) is 0 Å². The van der Waals surface area contributed by atoms with Crippen molar-refractivity contribution >= 4 is 21.4 Å². The lowest BCUT2D eigenvalue weighted by atomic mass is 10.1. The van der Waals surface area contributed by atoms with Crippen LogP contribution < -0.4 is 9.62 Å². The second-order valence-electron chi connectivity index (χ2n) is 6.53. The number of benzene rings is 2. The van der Waals surface area contributed by atoms with Crippen LogP contribution in [0.25, 0.3) is 0 Å². The summed E-state index contributed by atoms with van der Waals surface area (Å²) in [6.45, 7) is 7.12.